The van der Waals surface area contributed by atoms with Crippen LogP contribution in [-0.2, 0) is 21.2 Å². The number of halogens is 1. The largest absolute Gasteiger partial charge is 0.496 e. The van der Waals surface area contributed by atoms with Crippen LogP contribution in [0.2, 0.25) is 5.02 Å². The lowest BCUT2D eigenvalue weighted by Gasteiger charge is -2.09. The van der Waals surface area contributed by atoms with Crippen LogP contribution < -0.4 is 19.9 Å². The molecule has 3 N–H and O–H groups in total. The molecule has 28 heavy (non-hydrogen) atoms. The minimum absolute atomic E-state index is 0.0910. The molecule has 2 rings (SSSR count). The first-order valence-corrected chi connectivity index (χ1v) is 10.2. The molecule has 0 aliphatic carbocycles. The highest BCUT2D eigenvalue weighted by Crippen LogP contribution is 2.24. The van der Waals surface area contributed by atoms with Gasteiger partial charge in [-0.15, -0.1) is 0 Å². The van der Waals surface area contributed by atoms with Crippen molar-refractivity contribution in [2.45, 2.75) is 11.3 Å². The maximum absolute atomic E-state index is 12.0. The van der Waals surface area contributed by atoms with Crippen molar-refractivity contribution in [3.63, 3.8) is 0 Å². The highest BCUT2D eigenvalue weighted by molar-refractivity contribution is 7.89. The molecule has 0 saturated carbocycles. The molecule has 0 spiro atoms. The van der Waals surface area contributed by atoms with Gasteiger partial charge < -0.3 is 14.8 Å². The molecule has 1 amide bonds. The average molecular weight is 425 g/mol. The molecule has 7 nitrogen and oxygen atoms in total. The third-order valence-electron chi connectivity index (χ3n) is 3.85. The topological polar surface area (TPSA) is 108 Å². The molecule has 0 unspecified atom stereocenters. The van der Waals surface area contributed by atoms with E-state index in [1.807, 2.05) is 0 Å². The van der Waals surface area contributed by atoms with Gasteiger partial charge in [0.05, 0.1) is 14.2 Å². The first-order valence-electron chi connectivity index (χ1n) is 8.23. The van der Waals surface area contributed by atoms with Crippen molar-refractivity contribution in [1.82, 2.24) is 5.32 Å². The number of ether oxygens (including phenoxy) is 2. The van der Waals surface area contributed by atoms with Gasteiger partial charge >= 0.3 is 0 Å². The van der Waals surface area contributed by atoms with E-state index in [9.17, 15) is 13.2 Å². The van der Waals surface area contributed by atoms with Gasteiger partial charge in [-0.2, -0.15) is 0 Å². The number of primary sulfonamides is 1. The van der Waals surface area contributed by atoms with E-state index in [0.717, 1.165) is 0 Å². The summed E-state index contributed by atoms with van der Waals surface area (Å²) >= 11 is 5.96. The second-order valence-electron chi connectivity index (χ2n) is 5.79. The molecule has 0 saturated heterocycles. The Labute approximate surface area is 169 Å². The monoisotopic (exact) mass is 424 g/mol. The summed E-state index contributed by atoms with van der Waals surface area (Å²) < 4.78 is 33.5. The highest BCUT2D eigenvalue weighted by Gasteiger charge is 2.15. The Morgan fingerprint density at radius 3 is 2.46 bits per heavy atom. The van der Waals surface area contributed by atoms with Gasteiger partial charge in [-0.1, -0.05) is 17.7 Å². The van der Waals surface area contributed by atoms with Crippen molar-refractivity contribution in [3.8, 4) is 11.5 Å². The number of sulfonamides is 1. The molecule has 9 heteroatoms. The van der Waals surface area contributed by atoms with Crippen LogP contribution in [0.5, 0.6) is 11.5 Å². The van der Waals surface area contributed by atoms with E-state index < -0.39 is 10.0 Å². The van der Waals surface area contributed by atoms with Gasteiger partial charge in [0, 0.05) is 23.2 Å². The molecule has 0 aliphatic rings. The predicted molar refractivity (Wildman–Crippen MR) is 108 cm³/mol. The van der Waals surface area contributed by atoms with E-state index in [-0.39, 0.29) is 16.6 Å². The minimum Gasteiger partial charge on any atom is -0.496 e. The summed E-state index contributed by atoms with van der Waals surface area (Å²) in [5.74, 6) is 0.470. The maximum atomic E-state index is 12.0. The molecule has 0 aliphatic heterocycles. The summed E-state index contributed by atoms with van der Waals surface area (Å²) in [5.41, 5.74) is 1.38. The Balaban J connectivity index is 1.98. The average Bonchev–Trinajstić information content (AvgIpc) is 2.65. The number of methoxy groups -OCH3 is 2. The van der Waals surface area contributed by atoms with E-state index in [2.05, 4.69) is 5.32 Å². The molecule has 150 valence electrons. The highest BCUT2D eigenvalue weighted by atomic mass is 35.5. The van der Waals surface area contributed by atoms with E-state index in [4.69, 9.17) is 26.2 Å². The Morgan fingerprint density at radius 1 is 1.14 bits per heavy atom. The summed E-state index contributed by atoms with van der Waals surface area (Å²) in [6.07, 6.45) is 3.40. The van der Waals surface area contributed by atoms with Crippen LogP contribution in [-0.4, -0.2) is 35.1 Å². The lowest BCUT2D eigenvalue weighted by Crippen LogP contribution is -2.23. The van der Waals surface area contributed by atoms with E-state index >= 15 is 0 Å². The molecular weight excluding hydrogens is 404 g/mol. The normalized spacial score (nSPS) is 11.4. The van der Waals surface area contributed by atoms with Crippen molar-refractivity contribution in [2.24, 2.45) is 5.14 Å². The maximum Gasteiger partial charge on any atom is 0.244 e. The molecule has 0 aromatic heterocycles. The molecule has 0 heterocycles. The smallest absolute Gasteiger partial charge is 0.244 e. The molecule has 0 atom stereocenters. The lowest BCUT2D eigenvalue weighted by atomic mass is 10.1. The number of rotatable bonds is 8. The summed E-state index contributed by atoms with van der Waals surface area (Å²) in [6, 6.07) is 9.78. The Hall–Kier alpha value is -2.55. The molecule has 0 fully saturated rings. The number of nitrogens with two attached hydrogens (primary N) is 1. The standard InChI is InChI=1S/C19H21ClN2O5S/c1-26-16-7-5-15(20)12-14(16)4-8-19(23)22-10-9-13-3-6-17(27-2)18(11-13)28(21,24)25/h3-8,11-12H,9-10H2,1-2H3,(H,22,23)(H2,21,24,25). The first kappa shape index (κ1) is 21.7. The fourth-order valence-corrected chi connectivity index (χ4v) is 3.42. The summed E-state index contributed by atoms with van der Waals surface area (Å²) in [7, 11) is -1.01. The third kappa shape index (κ3) is 5.98. The zero-order valence-electron chi connectivity index (χ0n) is 15.4. The molecule has 0 radical (unpaired) electrons. The summed E-state index contributed by atoms with van der Waals surface area (Å²) in [4.78, 5) is 11.9. The summed E-state index contributed by atoms with van der Waals surface area (Å²) in [5, 5.41) is 8.46. The number of amides is 1. The van der Waals surface area contributed by atoms with Crippen molar-refractivity contribution in [1.29, 1.82) is 0 Å². The number of carbonyl (C=O) groups excluding carboxylic acids is 1. The number of nitrogens with one attached hydrogen (secondary N) is 1. The van der Waals surface area contributed by atoms with Crippen LogP contribution in [0, 0.1) is 0 Å². The first-order chi connectivity index (χ1) is 13.2. The van der Waals surface area contributed by atoms with Gasteiger partial charge in [0.1, 0.15) is 16.4 Å². The van der Waals surface area contributed by atoms with Crippen molar-refractivity contribution >= 4 is 33.6 Å². The van der Waals surface area contributed by atoms with Crippen LogP contribution in [0.15, 0.2) is 47.4 Å². The van der Waals surface area contributed by atoms with Gasteiger partial charge in [0.2, 0.25) is 15.9 Å². The van der Waals surface area contributed by atoms with Crippen LogP contribution in [0.25, 0.3) is 6.08 Å². The Morgan fingerprint density at radius 2 is 1.82 bits per heavy atom. The van der Waals surface area contributed by atoms with Crippen molar-refractivity contribution < 1.29 is 22.7 Å². The lowest BCUT2D eigenvalue weighted by molar-refractivity contribution is -0.116. The molecule has 0 bridgehead atoms. The van der Waals surface area contributed by atoms with E-state index in [0.29, 0.717) is 34.9 Å². The van der Waals surface area contributed by atoms with Gasteiger partial charge in [0.25, 0.3) is 0 Å². The Kier molecular flexibility index (Phi) is 7.45. The van der Waals surface area contributed by atoms with Crippen LogP contribution in [0.1, 0.15) is 11.1 Å². The van der Waals surface area contributed by atoms with E-state index in [1.165, 1.54) is 32.4 Å². The fourth-order valence-electron chi connectivity index (χ4n) is 2.49. The molecule has 2 aromatic carbocycles. The van der Waals surface area contributed by atoms with Crippen LogP contribution in [0.4, 0.5) is 0 Å². The third-order valence-corrected chi connectivity index (χ3v) is 5.02. The van der Waals surface area contributed by atoms with Gasteiger partial charge in [-0.3, -0.25) is 4.79 Å². The zero-order chi connectivity index (χ0) is 20.7. The van der Waals surface area contributed by atoms with E-state index in [1.54, 1.807) is 30.3 Å². The number of carbonyl (C=O) groups is 1. The van der Waals surface area contributed by atoms with Crippen LogP contribution >= 0.6 is 11.6 Å². The number of hydrogen-bond donors (Lipinski definition) is 2. The van der Waals surface area contributed by atoms with Gasteiger partial charge in [-0.25, -0.2) is 13.6 Å². The zero-order valence-corrected chi connectivity index (χ0v) is 17.0. The predicted octanol–water partition coefficient (Wildman–Crippen LogP) is 2.38. The number of benzene rings is 2. The molecular formula is C19H21ClN2O5S. The van der Waals surface area contributed by atoms with Gasteiger partial charge in [-0.05, 0) is 48.4 Å². The second-order valence-corrected chi connectivity index (χ2v) is 7.76. The number of hydrogen-bond acceptors (Lipinski definition) is 5. The van der Waals surface area contributed by atoms with Gasteiger partial charge in [0.15, 0.2) is 0 Å². The SMILES string of the molecule is COc1ccc(Cl)cc1C=CC(=O)NCCc1ccc(OC)c(S(N)(=O)=O)c1. The quantitative estimate of drug-likeness (QED) is 0.632. The van der Waals surface area contributed by atoms with Crippen molar-refractivity contribution in [2.75, 3.05) is 20.8 Å². The van der Waals surface area contributed by atoms with Crippen molar-refractivity contribution in [3.05, 3.63) is 58.6 Å². The fraction of sp³-hybridized carbons (Fsp3) is 0.211. The second kappa shape index (κ2) is 9.59. The Bertz CT molecular complexity index is 990. The minimum atomic E-state index is -3.91. The van der Waals surface area contributed by atoms with Crippen LogP contribution in [0.3, 0.4) is 0 Å². The molecule has 2 aromatic rings. The summed E-state index contributed by atoms with van der Waals surface area (Å²) in [6.45, 7) is 0.312.